The molecule has 4 N–H and O–H groups in total. The van der Waals surface area contributed by atoms with Crippen LogP contribution in [0.15, 0.2) is 22.7 Å². The summed E-state index contributed by atoms with van der Waals surface area (Å²) in [5, 5.41) is 0.716. The van der Waals surface area contributed by atoms with Crippen molar-refractivity contribution in [2.24, 2.45) is 11.5 Å². The zero-order valence-corrected chi connectivity index (χ0v) is 12.1. The van der Waals surface area contributed by atoms with Crippen LogP contribution in [0.1, 0.15) is 30.9 Å². The molecule has 1 aromatic rings. The van der Waals surface area contributed by atoms with Crippen LogP contribution in [0.5, 0.6) is 0 Å². The second-order valence-electron chi connectivity index (χ2n) is 3.56. The minimum Gasteiger partial charge on any atom is -0.330 e. The van der Waals surface area contributed by atoms with Crippen LogP contribution >= 0.6 is 39.9 Å². The molecular weight excluding hydrogens is 311 g/mol. The summed E-state index contributed by atoms with van der Waals surface area (Å²) >= 11 is 9.30. The SMILES string of the molecule is Cl.NCCCC[C@@H](N)c1ccc(Cl)c(Br)c1. The van der Waals surface area contributed by atoms with Crippen molar-refractivity contribution in [2.45, 2.75) is 25.3 Å². The fraction of sp³-hybridized carbons (Fsp3) is 0.455. The molecule has 0 unspecified atom stereocenters. The van der Waals surface area contributed by atoms with Gasteiger partial charge < -0.3 is 11.5 Å². The molecule has 0 spiro atoms. The molecule has 0 aliphatic carbocycles. The molecule has 0 aromatic heterocycles. The predicted molar refractivity (Wildman–Crippen MR) is 76.2 cm³/mol. The van der Waals surface area contributed by atoms with Gasteiger partial charge in [0, 0.05) is 10.5 Å². The Morgan fingerprint density at radius 3 is 2.56 bits per heavy atom. The molecule has 0 aliphatic heterocycles. The zero-order chi connectivity index (χ0) is 11.3. The molecule has 0 aliphatic rings. The van der Waals surface area contributed by atoms with E-state index in [-0.39, 0.29) is 18.4 Å². The lowest BCUT2D eigenvalue weighted by Crippen LogP contribution is -2.11. The Hall–Kier alpha value is 0.200. The molecular formula is C11H17BrCl2N2. The lowest BCUT2D eigenvalue weighted by atomic mass is 10.0. The number of benzene rings is 1. The lowest BCUT2D eigenvalue weighted by Gasteiger charge is -2.12. The van der Waals surface area contributed by atoms with Gasteiger partial charge in [-0.25, -0.2) is 0 Å². The van der Waals surface area contributed by atoms with Gasteiger partial charge in [0.2, 0.25) is 0 Å². The molecule has 0 saturated heterocycles. The van der Waals surface area contributed by atoms with Crippen LogP contribution in [-0.4, -0.2) is 6.54 Å². The summed E-state index contributed by atoms with van der Waals surface area (Å²) in [6.07, 6.45) is 3.06. The van der Waals surface area contributed by atoms with Gasteiger partial charge in [-0.3, -0.25) is 0 Å². The highest BCUT2D eigenvalue weighted by molar-refractivity contribution is 9.10. The number of unbranched alkanes of at least 4 members (excludes halogenated alkanes) is 1. The highest BCUT2D eigenvalue weighted by Gasteiger charge is 2.07. The maximum atomic E-state index is 6.05. The van der Waals surface area contributed by atoms with Crippen LogP contribution in [0.2, 0.25) is 5.02 Å². The monoisotopic (exact) mass is 326 g/mol. The first kappa shape index (κ1) is 16.2. The Labute approximate surface area is 116 Å². The summed E-state index contributed by atoms with van der Waals surface area (Å²) in [5.74, 6) is 0. The van der Waals surface area contributed by atoms with E-state index >= 15 is 0 Å². The third-order valence-electron chi connectivity index (χ3n) is 2.34. The number of rotatable bonds is 5. The second kappa shape index (κ2) is 8.31. The van der Waals surface area contributed by atoms with E-state index in [9.17, 15) is 0 Å². The van der Waals surface area contributed by atoms with Gasteiger partial charge in [0.05, 0.1) is 5.02 Å². The molecule has 0 bridgehead atoms. The first-order valence-corrected chi connectivity index (χ1v) is 6.23. The average molecular weight is 328 g/mol. The van der Waals surface area contributed by atoms with Gasteiger partial charge in [0.15, 0.2) is 0 Å². The van der Waals surface area contributed by atoms with Gasteiger partial charge in [0.25, 0.3) is 0 Å². The van der Waals surface area contributed by atoms with Crippen LogP contribution in [0.3, 0.4) is 0 Å². The van der Waals surface area contributed by atoms with Crippen LogP contribution < -0.4 is 11.5 Å². The van der Waals surface area contributed by atoms with E-state index in [0.717, 1.165) is 35.8 Å². The molecule has 0 amide bonds. The number of hydrogen-bond donors (Lipinski definition) is 2. The van der Waals surface area contributed by atoms with Crippen LogP contribution in [0.4, 0.5) is 0 Å². The topological polar surface area (TPSA) is 52.0 Å². The van der Waals surface area contributed by atoms with Gasteiger partial charge in [-0.1, -0.05) is 24.1 Å². The van der Waals surface area contributed by atoms with Crippen LogP contribution in [0, 0.1) is 0 Å². The van der Waals surface area contributed by atoms with Crippen molar-refractivity contribution >= 4 is 39.9 Å². The molecule has 16 heavy (non-hydrogen) atoms. The van der Waals surface area contributed by atoms with Crippen molar-refractivity contribution in [3.63, 3.8) is 0 Å². The summed E-state index contributed by atoms with van der Waals surface area (Å²) in [5.41, 5.74) is 12.6. The van der Waals surface area contributed by atoms with Gasteiger partial charge in [-0.2, -0.15) is 0 Å². The first-order valence-electron chi connectivity index (χ1n) is 5.05. The Balaban J connectivity index is 0.00000225. The zero-order valence-electron chi connectivity index (χ0n) is 8.96. The average Bonchev–Trinajstić information content (AvgIpc) is 2.22. The van der Waals surface area contributed by atoms with E-state index in [2.05, 4.69) is 15.9 Å². The Kier molecular flexibility index (Phi) is 8.42. The van der Waals surface area contributed by atoms with Crippen molar-refractivity contribution in [3.8, 4) is 0 Å². The van der Waals surface area contributed by atoms with Gasteiger partial charge in [-0.15, -0.1) is 12.4 Å². The van der Waals surface area contributed by atoms with Gasteiger partial charge in [-0.05, 0) is 53.0 Å². The van der Waals surface area contributed by atoms with E-state index < -0.39 is 0 Å². The fourth-order valence-corrected chi connectivity index (χ4v) is 1.93. The van der Waals surface area contributed by atoms with Gasteiger partial charge in [0.1, 0.15) is 0 Å². The molecule has 1 rings (SSSR count). The minimum absolute atomic E-state index is 0. The van der Waals surface area contributed by atoms with Crippen LogP contribution in [-0.2, 0) is 0 Å². The molecule has 0 fully saturated rings. The lowest BCUT2D eigenvalue weighted by molar-refractivity contribution is 0.591. The maximum Gasteiger partial charge on any atom is 0.0548 e. The molecule has 0 saturated carbocycles. The molecule has 0 radical (unpaired) electrons. The van der Waals surface area contributed by atoms with Crippen molar-refractivity contribution in [1.29, 1.82) is 0 Å². The van der Waals surface area contributed by atoms with E-state index in [0.29, 0.717) is 5.02 Å². The Bertz CT molecular complexity index is 321. The van der Waals surface area contributed by atoms with E-state index in [1.807, 2.05) is 18.2 Å². The molecule has 2 nitrogen and oxygen atoms in total. The van der Waals surface area contributed by atoms with Crippen LogP contribution in [0.25, 0.3) is 0 Å². The second-order valence-corrected chi connectivity index (χ2v) is 4.83. The third kappa shape index (κ3) is 5.02. The Morgan fingerprint density at radius 2 is 2.00 bits per heavy atom. The largest absolute Gasteiger partial charge is 0.330 e. The quantitative estimate of drug-likeness (QED) is 0.811. The van der Waals surface area contributed by atoms with Crippen molar-refractivity contribution in [1.82, 2.24) is 0 Å². The van der Waals surface area contributed by atoms with Crippen molar-refractivity contribution in [2.75, 3.05) is 6.54 Å². The van der Waals surface area contributed by atoms with E-state index in [1.54, 1.807) is 0 Å². The third-order valence-corrected chi connectivity index (χ3v) is 3.56. The number of halogens is 3. The normalized spacial score (nSPS) is 12.0. The van der Waals surface area contributed by atoms with E-state index in [1.165, 1.54) is 0 Å². The minimum atomic E-state index is 0. The summed E-state index contributed by atoms with van der Waals surface area (Å²) in [6.45, 7) is 0.733. The van der Waals surface area contributed by atoms with Crippen molar-refractivity contribution in [3.05, 3.63) is 33.3 Å². The Morgan fingerprint density at radius 1 is 1.31 bits per heavy atom. The predicted octanol–water partition coefficient (Wildman–Crippen LogP) is 3.65. The summed E-state index contributed by atoms with van der Waals surface area (Å²) in [4.78, 5) is 0. The van der Waals surface area contributed by atoms with E-state index in [4.69, 9.17) is 23.1 Å². The summed E-state index contributed by atoms with van der Waals surface area (Å²) in [7, 11) is 0. The smallest absolute Gasteiger partial charge is 0.0548 e. The summed E-state index contributed by atoms with van der Waals surface area (Å²) in [6, 6.07) is 5.89. The number of hydrogen-bond acceptors (Lipinski definition) is 2. The maximum absolute atomic E-state index is 6.05. The highest BCUT2D eigenvalue weighted by Crippen LogP contribution is 2.26. The molecule has 1 aromatic carbocycles. The first-order chi connectivity index (χ1) is 7.15. The standard InChI is InChI=1S/C11H16BrClN2.ClH/c12-9-7-8(4-5-10(9)13)11(15)3-1-2-6-14;/h4-5,7,11H,1-3,6,14-15H2;1H/t11-;/m1./s1. The number of nitrogens with two attached hydrogens (primary N) is 2. The fourth-order valence-electron chi connectivity index (χ4n) is 1.42. The molecule has 1 atom stereocenters. The van der Waals surface area contributed by atoms with Gasteiger partial charge >= 0.3 is 0 Å². The van der Waals surface area contributed by atoms with Crippen molar-refractivity contribution < 1.29 is 0 Å². The highest BCUT2D eigenvalue weighted by atomic mass is 79.9. The molecule has 92 valence electrons. The molecule has 0 heterocycles. The summed E-state index contributed by atoms with van der Waals surface area (Å²) < 4.78 is 0.899. The molecule has 5 heteroatoms.